The molecule has 0 bridgehead atoms. The lowest BCUT2D eigenvalue weighted by Gasteiger charge is -2.25. The lowest BCUT2D eigenvalue weighted by atomic mass is 10.1. The van der Waals surface area contributed by atoms with E-state index in [2.05, 4.69) is 14.9 Å². The Morgan fingerprint density at radius 1 is 1.76 bits per heavy atom. The van der Waals surface area contributed by atoms with Crippen LogP contribution in [0.4, 0.5) is 0 Å². The Kier molecular flexibility index (Phi) is 4.10. The normalized spacial score (nSPS) is 20.7. The van der Waals surface area contributed by atoms with E-state index in [1.165, 1.54) is 0 Å². The largest absolute Gasteiger partial charge is 0.351 e. The number of carbonyl (C=O) groups is 1. The first kappa shape index (κ1) is 12.5. The van der Waals surface area contributed by atoms with E-state index in [-0.39, 0.29) is 17.9 Å². The predicted molar refractivity (Wildman–Crippen MR) is 70.0 cm³/mol. The molecule has 1 aliphatic rings. The van der Waals surface area contributed by atoms with Crippen LogP contribution < -0.4 is 5.32 Å². The van der Waals surface area contributed by atoms with Crippen LogP contribution in [0, 0.1) is 5.92 Å². The summed E-state index contributed by atoms with van der Waals surface area (Å²) in [5.41, 5.74) is 0. The van der Waals surface area contributed by atoms with E-state index in [4.69, 9.17) is 0 Å². The Bertz CT molecular complexity index is 391. The highest BCUT2D eigenvalue weighted by atomic mass is 32.2. The number of hydrogen-bond acceptors (Lipinski definition) is 3. The van der Waals surface area contributed by atoms with E-state index < -0.39 is 0 Å². The zero-order valence-electron chi connectivity index (χ0n) is 10.3. The average Bonchev–Trinajstić information content (AvgIpc) is 2.76. The molecule has 2 rings (SSSR count). The summed E-state index contributed by atoms with van der Waals surface area (Å²) in [6, 6.07) is 0.258. The third-order valence-electron chi connectivity index (χ3n) is 3.15. The number of amides is 1. The lowest BCUT2D eigenvalue weighted by molar-refractivity contribution is -0.124. The van der Waals surface area contributed by atoms with Crippen molar-refractivity contribution in [1.82, 2.24) is 14.9 Å². The highest BCUT2D eigenvalue weighted by Gasteiger charge is 2.22. The maximum absolute atomic E-state index is 11.9. The number of fused-ring (bicyclic) bond motifs is 1. The van der Waals surface area contributed by atoms with Gasteiger partial charge in [-0.2, -0.15) is 11.8 Å². The van der Waals surface area contributed by atoms with Crippen LogP contribution in [-0.4, -0.2) is 33.5 Å². The van der Waals surface area contributed by atoms with Crippen LogP contribution >= 0.6 is 11.8 Å². The van der Waals surface area contributed by atoms with Crippen molar-refractivity contribution < 1.29 is 4.79 Å². The average molecular weight is 253 g/mol. The summed E-state index contributed by atoms with van der Waals surface area (Å²) < 4.78 is 2.13. The van der Waals surface area contributed by atoms with Crippen LogP contribution in [0.15, 0.2) is 12.4 Å². The first-order valence-electron chi connectivity index (χ1n) is 6.00. The molecular weight excluding hydrogens is 234 g/mol. The summed E-state index contributed by atoms with van der Waals surface area (Å²) >= 11 is 1.71. The second-order valence-corrected chi connectivity index (χ2v) is 5.51. The zero-order valence-corrected chi connectivity index (χ0v) is 11.2. The molecule has 2 heterocycles. The van der Waals surface area contributed by atoms with Crippen LogP contribution in [0.1, 0.15) is 19.2 Å². The molecule has 0 radical (unpaired) electrons. The topological polar surface area (TPSA) is 46.9 Å². The molecule has 1 aromatic heterocycles. The van der Waals surface area contributed by atoms with Crippen LogP contribution in [0.2, 0.25) is 0 Å². The van der Waals surface area contributed by atoms with Crippen molar-refractivity contribution in [3.05, 3.63) is 18.2 Å². The van der Waals surface area contributed by atoms with Crippen molar-refractivity contribution in [2.45, 2.75) is 32.4 Å². The minimum Gasteiger partial charge on any atom is -0.351 e. The first-order valence-corrected chi connectivity index (χ1v) is 7.39. The molecule has 1 aliphatic heterocycles. The van der Waals surface area contributed by atoms with Crippen LogP contribution in [-0.2, 0) is 17.8 Å². The molecule has 1 aromatic rings. The molecule has 0 aromatic carbocycles. The van der Waals surface area contributed by atoms with Crippen LogP contribution in [0.25, 0.3) is 0 Å². The van der Waals surface area contributed by atoms with Gasteiger partial charge in [-0.05, 0) is 12.7 Å². The zero-order chi connectivity index (χ0) is 12.3. The smallest absolute Gasteiger partial charge is 0.223 e. The van der Waals surface area contributed by atoms with Crippen molar-refractivity contribution >= 4 is 17.7 Å². The van der Waals surface area contributed by atoms with Crippen LogP contribution in [0.3, 0.4) is 0 Å². The first-order chi connectivity index (χ1) is 8.20. The molecule has 1 amide bonds. The number of nitrogens with zero attached hydrogens (tertiary/aromatic N) is 2. The van der Waals surface area contributed by atoms with E-state index >= 15 is 0 Å². The molecule has 5 heteroatoms. The third-order valence-corrected chi connectivity index (χ3v) is 3.98. The summed E-state index contributed by atoms with van der Waals surface area (Å²) in [5.74, 6) is 2.28. The predicted octanol–water partition coefficient (Wildman–Crippen LogP) is 1.31. The molecule has 0 unspecified atom stereocenters. The molecule has 0 fully saturated rings. The van der Waals surface area contributed by atoms with Crippen molar-refractivity contribution in [3.8, 4) is 0 Å². The minimum atomic E-state index is 0.0918. The Hall–Kier alpha value is -0.970. The van der Waals surface area contributed by atoms with Crippen molar-refractivity contribution in [2.75, 3.05) is 12.0 Å². The summed E-state index contributed by atoms with van der Waals surface area (Å²) in [5, 5.41) is 3.13. The van der Waals surface area contributed by atoms with Gasteiger partial charge >= 0.3 is 0 Å². The van der Waals surface area contributed by atoms with Gasteiger partial charge in [0.2, 0.25) is 5.91 Å². The fourth-order valence-corrected chi connectivity index (χ4v) is 2.80. The molecule has 17 heavy (non-hydrogen) atoms. The lowest BCUT2D eigenvalue weighted by Crippen LogP contribution is -2.43. The summed E-state index contributed by atoms with van der Waals surface area (Å²) in [7, 11) is 0. The van der Waals surface area contributed by atoms with E-state index in [0.717, 1.165) is 31.0 Å². The number of rotatable bonds is 4. The van der Waals surface area contributed by atoms with Gasteiger partial charge in [0.15, 0.2) is 0 Å². The van der Waals surface area contributed by atoms with Gasteiger partial charge in [0.05, 0.1) is 0 Å². The maximum atomic E-state index is 11.9. The second-order valence-electron chi connectivity index (χ2n) is 4.60. The molecule has 0 saturated carbocycles. The third kappa shape index (κ3) is 3.03. The monoisotopic (exact) mass is 253 g/mol. The molecule has 94 valence electrons. The van der Waals surface area contributed by atoms with E-state index in [0.29, 0.717) is 0 Å². The van der Waals surface area contributed by atoms with Gasteiger partial charge in [0, 0.05) is 43.1 Å². The summed E-state index contributed by atoms with van der Waals surface area (Å²) in [6.07, 6.45) is 7.79. The Labute approximate surface area is 106 Å². The summed E-state index contributed by atoms with van der Waals surface area (Å²) in [4.78, 5) is 16.2. The maximum Gasteiger partial charge on any atom is 0.223 e. The highest BCUT2D eigenvalue weighted by Crippen LogP contribution is 2.14. The quantitative estimate of drug-likeness (QED) is 0.880. The Balaban J connectivity index is 1.87. The van der Waals surface area contributed by atoms with E-state index in [9.17, 15) is 4.79 Å². The number of hydrogen-bond donors (Lipinski definition) is 1. The van der Waals surface area contributed by atoms with Gasteiger partial charge in [0.1, 0.15) is 5.82 Å². The standard InChI is InChI=1S/C12H19N3OS/c1-9(8-17-2)12(16)14-10-3-4-11-13-5-6-15(11)7-10/h5-6,9-10H,3-4,7-8H2,1-2H3,(H,14,16)/t9-,10+/m1/s1. The fourth-order valence-electron chi connectivity index (χ4n) is 2.15. The SMILES string of the molecule is CSC[C@@H](C)C(=O)N[C@H]1CCc2nccn2C1. The minimum absolute atomic E-state index is 0.0918. The fraction of sp³-hybridized carbons (Fsp3) is 0.667. The van der Waals surface area contributed by atoms with Crippen LogP contribution in [0.5, 0.6) is 0 Å². The number of imidazole rings is 1. The van der Waals surface area contributed by atoms with Gasteiger partial charge in [-0.1, -0.05) is 6.92 Å². The number of nitrogens with one attached hydrogen (secondary N) is 1. The Morgan fingerprint density at radius 3 is 3.35 bits per heavy atom. The number of thioether (sulfide) groups is 1. The van der Waals surface area contributed by atoms with Gasteiger partial charge in [0.25, 0.3) is 0 Å². The van der Waals surface area contributed by atoms with Crippen molar-refractivity contribution in [1.29, 1.82) is 0 Å². The van der Waals surface area contributed by atoms with Gasteiger partial charge in [-0.15, -0.1) is 0 Å². The summed E-state index contributed by atoms with van der Waals surface area (Å²) in [6.45, 7) is 2.84. The molecular formula is C12H19N3OS. The molecule has 1 N–H and O–H groups in total. The molecule has 0 saturated heterocycles. The molecule has 0 aliphatic carbocycles. The van der Waals surface area contributed by atoms with E-state index in [1.807, 2.05) is 25.6 Å². The number of aromatic nitrogens is 2. The molecule has 0 spiro atoms. The molecule has 4 nitrogen and oxygen atoms in total. The molecule has 2 atom stereocenters. The van der Waals surface area contributed by atoms with Gasteiger partial charge in [-0.3, -0.25) is 4.79 Å². The highest BCUT2D eigenvalue weighted by molar-refractivity contribution is 7.98. The van der Waals surface area contributed by atoms with Crippen molar-refractivity contribution in [2.24, 2.45) is 5.92 Å². The van der Waals surface area contributed by atoms with Gasteiger partial charge < -0.3 is 9.88 Å². The number of carbonyl (C=O) groups excluding carboxylic acids is 1. The van der Waals surface area contributed by atoms with Gasteiger partial charge in [-0.25, -0.2) is 4.98 Å². The van der Waals surface area contributed by atoms with E-state index in [1.54, 1.807) is 11.8 Å². The Morgan fingerprint density at radius 2 is 2.59 bits per heavy atom. The second kappa shape index (κ2) is 5.58. The van der Waals surface area contributed by atoms with Crippen molar-refractivity contribution in [3.63, 3.8) is 0 Å². The number of aryl methyl sites for hydroxylation is 1.